The Morgan fingerprint density at radius 1 is 1.50 bits per heavy atom. The van der Waals surface area contributed by atoms with Gasteiger partial charge in [-0.1, -0.05) is 0 Å². The molecule has 0 bridgehead atoms. The molecule has 0 spiro atoms. The van der Waals surface area contributed by atoms with Crippen molar-refractivity contribution in [1.82, 2.24) is 14.9 Å². The lowest BCUT2D eigenvalue weighted by molar-refractivity contribution is -0.119. The summed E-state index contributed by atoms with van der Waals surface area (Å²) < 4.78 is 21.1. The van der Waals surface area contributed by atoms with Crippen LogP contribution in [0.3, 0.4) is 0 Å². The quantitative estimate of drug-likeness (QED) is 0.799. The van der Waals surface area contributed by atoms with Crippen molar-refractivity contribution in [1.29, 1.82) is 0 Å². The minimum Gasteiger partial charge on any atom is -0.447 e. The van der Waals surface area contributed by atoms with E-state index in [-0.39, 0.29) is 31.4 Å². The molecule has 26 heavy (non-hydrogen) atoms. The topological polar surface area (TPSA) is 96.7 Å². The highest BCUT2D eigenvalue weighted by Gasteiger charge is 2.34. The number of imidazole rings is 1. The lowest BCUT2D eigenvalue weighted by Crippen LogP contribution is -2.42. The van der Waals surface area contributed by atoms with Crippen molar-refractivity contribution in [3.8, 4) is 5.69 Å². The minimum atomic E-state index is -0.583. The van der Waals surface area contributed by atoms with Gasteiger partial charge in [-0.05, 0) is 18.2 Å². The molecule has 1 aliphatic heterocycles. The predicted molar refractivity (Wildman–Crippen MR) is 90.6 cm³/mol. The molecule has 1 aromatic carbocycles. The van der Waals surface area contributed by atoms with Gasteiger partial charge < -0.3 is 19.7 Å². The average molecular weight is 362 g/mol. The Labute approximate surface area is 149 Å². The summed E-state index contributed by atoms with van der Waals surface area (Å²) in [6, 6.07) is 3.99. The summed E-state index contributed by atoms with van der Waals surface area (Å²) in [6.07, 6.45) is 2.91. The van der Waals surface area contributed by atoms with Gasteiger partial charge in [0.15, 0.2) is 0 Å². The average Bonchev–Trinajstić information content (AvgIpc) is 3.20. The molecule has 2 aromatic rings. The number of aromatic nitrogens is 2. The molecule has 2 heterocycles. The Balaban J connectivity index is 1.83. The molecule has 0 saturated carbocycles. The van der Waals surface area contributed by atoms with Gasteiger partial charge in [0.25, 0.3) is 0 Å². The number of ether oxygens (including phenoxy) is 1. The standard InChI is InChI=1S/C17H19FN4O4/c1-11(24)19-7-14-9-26-17(25)22(14)13-2-3-16(15(18)6-13)21-8-12(4-5-23)20-10-21/h2-3,6,8,10,14,23H,4-5,7,9H2,1H3,(H,19,24)/t14-/m0/s1. The summed E-state index contributed by atoms with van der Waals surface area (Å²) in [7, 11) is 0. The first kappa shape index (κ1) is 17.9. The molecule has 1 fully saturated rings. The third-order valence-corrected chi connectivity index (χ3v) is 4.04. The number of cyclic esters (lactones) is 1. The van der Waals surface area contributed by atoms with Gasteiger partial charge in [-0.2, -0.15) is 0 Å². The smallest absolute Gasteiger partial charge is 0.414 e. The van der Waals surface area contributed by atoms with Gasteiger partial charge in [0.1, 0.15) is 12.4 Å². The zero-order valence-corrected chi connectivity index (χ0v) is 14.2. The molecule has 138 valence electrons. The molecule has 0 aliphatic carbocycles. The van der Waals surface area contributed by atoms with E-state index in [0.717, 1.165) is 0 Å². The molecule has 3 rings (SSSR count). The number of nitrogens with one attached hydrogen (secondary N) is 1. The lowest BCUT2D eigenvalue weighted by atomic mass is 10.2. The minimum absolute atomic E-state index is 0.0365. The van der Waals surface area contributed by atoms with Crippen molar-refractivity contribution < 1.29 is 23.8 Å². The summed E-state index contributed by atoms with van der Waals surface area (Å²) in [5, 5.41) is 11.6. The number of nitrogens with zero attached hydrogens (tertiary/aromatic N) is 3. The lowest BCUT2D eigenvalue weighted by Gasteiger charge is -2.22. The van der Waals surface area contributed by atoms with Crippen LogP contribution in [-0.2, 0) is 16.0 Å². The van der Waals surface area contributed by atoms with Crippen molar-refractivity contribution in [3.63, 3.8) is 0 Å². The molecule has 8 nitrogen and oxygen atoms in total. The number of anilines is 1. The molecule has 1 aromatic heterocycles. The van der Waals surface area contributed by atoms with Crippen LogP contribution >= 0.6 is 0 Å². The van der Waals surface area contributed by atoms with Crippen molar-refractivity contribution in [2.75, 3.05) is 24.7 Å². The van der Waals surface area contributed by atoms with E-state index in [2.05, 4.69) is 10.3 Å². The summed E-state index contributed by atoms with van der Waals surface area (Å²) in [4.78, 5) is 28.5. The van der Waals surface area contributed by atoms with Gasteiger partial charge in [-0.25, -0.2) is 14.2 Å². The first-order chi connectivity index (χ1) is 12.5. The highest BCUT2D eigenvalue weighted by atomic mass is 19.1. The number of halogens is 1. The number of carbonyl (C=O) groups is 2. The molecule has 2 N–H and O–H groups in total. The number of amides is 2. The second kappa shape index (κ2) is 7.52. The Morgan fingerprint density at radius 2 is 2.31 bits per heavy atom. The normalized spacial score (nSPS) is 16.7. The fraction of sp³-hybridized carbons (Fsp3) is 0.353. The SMILES string of the molecule is CC(=O)NC[C@H]1COC(=O)N1c1ccc(-n2cnc(CCO)c2)c(F)c1. The maximum atomic E-state index is 14.6. The van der Waals surface area contributed by atoms with E-state index >= 15 is 0 Å². The number of aliphatic hydroxyl groups excluding tert-OH is 1. The third kappa shape index (κ3) is 3.67. The van der Waals surface area contributed by atoms with Gasteiger partial charge >= 0.3 is 6.09 Å². The number of rotatable bonds is 6. The first-order valence-corrected chi connectivity index (χ1v) is 8.13. The second-order valence-corrected chi connectivity index (χ2v) is 5.92. The van der Waals surface area contributed by atoms with Crippen LogP contribution in [0.5, 0.6) is 0 Å². The number of hydrogen-bond acceptors (Lipinski definition) is 5. The van der Waals surface area contributed by atoms with Gasteiger partial charge in [-0.15, -0.1) is 0 Å². The van der Waals surface area contributed by atoms with Crippen LogP contribution < -0.4 is 10.2 Å². The number of benzene rings is 1. The van der Waals surface area contributed by atoms with Crippen molar-refractivity contribution in [2.24, 2.45) is 0 Å². The largest absolute Gasteiger partial charge is 0.447 e. The van der Waals surface area contributed by atoms with E-state index in [1.807, 2.05) is 0 Å². The number of aliphatic hydroxyl groups is 1. The van der Waals surface area contributed by atoms with Gasteiger partial charge in [-0.3, -0.25) is 9.69 Å². The van der Waals surface area contributed by atoms with Crippen molar-refractivity contribution in [2.45, 2.75) is 19.4 Å². The molecule has 9 heteroatoms. The Morgan fingerprint density at radius 3 is 3.00 bits per heavy atom. The zero-order chi connectivity index (χ0) is 18.7. The van der Waals surface area contributed by atoms with Crippen LogP contribution in [0, 0.1) is 5.82 Å². The fourth-order valence-corrected chi connectivity index (χ4v) is 2.78. The monoisotopic (exact) mass is 362 g/mol. The van der Waals surface area contributed by atoms with Crippen LogP contribution in [0.25, 0.3) is 5.69 Å². The van der Waals surface area contributed by atoms with Crippen molar-refractivity contribution in [3.05, 3.63) is 42.2 Å². The van der Waals surface area contributed by atoms with Gasteiger partial charge in [0.2, 0.25) is 5.91 Å². The zero-order valence-electron chi connectivity index (χ0n) is 14.2. The third-order valence-electron chi connectivity index (χ3n) is 4.04. The van der Waals surface area contributed by atoms with E-state index in [1.165, 1.54) is 34.9 Å². The number of carbonyl (C=O) groups excluding carboxylic acids is 2. The number of hydrogen-bond donors (Lipinski definition) is 2. The van der Waals surface area contributed by atoms with E-state index in [0.29, 0.717) is 17.8 Å². The maximum Gasteiger partial charge on any atom is 0.414 e. The summed E-state index contributed by atoms with van der Waals surface area (Å²) in [5.41, 5.74) is 1.27. The van der Waals surface area contributed by atoms with E-state index < -0.39 is 18.0 Å². The predicted octanol–water partition coefficient (Wildman–Crippen LogP) is 1.01. The first-order valence-electron chi connectivity index (χ1n) is 8.13. The van der Waals surface area contributed by atoms with E-state index in [9.17, 15) is 14.0 Å². The molecule has 0 unspecified atom stereocenters. The summed E-state index contributed by atoms with van der Waals surface area (Å²) >= 11 is 0. The van der Waals surface area contributed by atoms with Gasteiger partial charge in [0, 0.05) is 32.7 Å². The molecule has 2 amide bonds. The highest BCUT2D eigenvalue weighted by Crippen LogP contribution is 2.26. The van der Waals surface area contributed by atoms with Crippen LogP contribution in [-0.4, -0.2) is 52.5 Å². The Kier molecular flexibility index (Phi) is 5.17. The highest BCUT2D eigenvalue weighted by molar-refractivity contribution is 5.90. The van der Waals surface area contributed by atoms with Crippen LogP contribution in [0.2, 0.25) is 0 Å². The molecular weight excluding hydrogens is 343 g/mol. The summed E-state index contributed by atoms with van der Waals surface area (Å²) in [5.74, 6) is -0.752. The van der Waals surface area contributed by atoms with E-state index in [1.54, 1.807) is 12.3 Å². The van der Waals surface area contributed by atoms with Crippen LogP contribution in [0.1, 0.15) is 12.6 Å². The summed E-state index contributed by atoms with van der Waals surface area (Å²) in [6.45, 7) is 1.68. The Hall–Kier alpha value is -2.94. The molecule has 1 saturated heterocycles. The molecule has 1 aliphatic rings. The fourth-order valence-electron chi connectivity index (χ4n) is 2.78. The second-order valence-electron chi connectivity index (χ2n) is 5.92. The Bertz CT molecular complexity index is 823. The van der Waals surface area contributed by atoms with Crippen LogP contribution in [0.4, 0.5) is 14.9 Å². The maximum absolute atomic E-state index is 14.6. The molecule has 0 radical (unpaired) electrons. The van der Waals surface area contributed by atoms with Crippen molar-refractivity contribution >= 4 is 17.7 Å². The molecular formula is C17H19FN4O4. The van der Waals surface area contributed by atoms with Crippen LogP contribution in [0.15, 0.2) is 30.7 Å². The van der Waals surface area contributed by atoms with Gasteiger partial charge in [0.05, 0.1) is 29.4 Å². The van der Waals surface area contributed by atoms with E-state index in [4.69, 9.17) is 9.84 Å². The molecule has 1 atom stereocenters.